The molecule has 0 aliphatic rings. The first-order valence-corrected chi connectivity index (χ1v) is 9.35. The highest BCUT2D eigenvalue weighted by atomic mass is 16.5. The molecule has 0 spiro atoms. The Morgan fingerprint density at radius 3 is 2.42 bits per heavy atom. The van der Waals surface area contributed by atoms with Crippen LogP contribution in [0.3, 0.4) is 0 Å². The normalized spacial score (nSPS) is 14.9. The van der Waals surface area contributed by atoms with Crippen molar-refractivity contribution < 1.29 is 19.3 Å². The van der Waals surface area contributed by atoms with E-state index in [0.29, 0.717) is 25.0 Å². The highest BCUT2D eigenvalue weighted by molar-refractivity contribution is 5.43. The molecule has 0 saturated heterocycles. The van der Waals surface area contributed by atoms with E-state index in [1.54, 1.807) is 14.2 Å². The van der Waals surface area contributed by atoms with Gasteiger partial charge in [0, 0.05) is 32.7 Å². The van der Waals surface area contributed by atoms with Gasteiger partial charge in [0.25, 0.3) is 0 Å². The Kier molecular flexibility index (Phi) is 10.6. The molecule has 150 valence electrons. The number of hydrogen-bond acceptors (Lipinski definition) is 6. The van der Waals surface area contributed by atoms with Crippen LogP contribution >= 0.6 is 0 Å². The molecule has 1 aromatic carbocycles. The molecule has 1 rings (SSSR count). The van der Waals surface area contributed by atoms with Gasteiger partial charge in [-0.05, 0) is 42.4 Å². The van der Waals surface area contributed by atoms with Gasteiger partial charge in [-0.3, -0.25) is 0 Å². The molecule has 0 aromatic heterocycles. The van der Waals surface area contributed by atoms with E-state index in [-0.39, 0.29) is 12.6 Å². The van der Waals surface area contributed by atoms with Crippen LogP contribution in [0.5, 0.6) is 11.5 Å². The van der Waals surface area contributed by atoms with Crippen molar-refractivity contribution in [3.63, 3.8) is 0 Å². The smallest absolute Gasteiger partial charge is 0.161 e. The van der Waals surface area contributed by atoms with Crippen LogP contribution in [0.15, 0.2) is 18.2 Å². The number of benzene rings is 1. The van der Waals surface area contributed by atoms with E-state index >= 15 is 0 Å². The van der Waals surface area contributed by atoms with E-state index in [0.717, 1.165) is 30.8 Å². The predicted octanol–water partition coefficient (Wildman–Crippen LogP) is 1.96. The zero-order valence-electron chi connectivity index (χ0n) is 16.6. The minimum atomic E-state index is -0.660. The fourth-order valence-electron chi connectivity index (χ4n) is 2.92. The van der Waals surface area contributed by atoms with Gasteiger partial charge >= 0.3 is 0 Å². The van der Waals surface area contributed by atoms with Gasteiger partial charge < -0.3 is 30.8 Å². The number of ether oxygens (including phenoxy) is 3. The van der Waals surface area contributed by atoms with Crippen LogP contribution in [0, 0.1) is 11.8 Å². The molecule has 0 radical (unpaired) electrons. The van der Waals surface area contributed by atoms with E-state index < -0.39 is 6.10 Å². The maximum atomic E-state index is 9.88. The monoisotopic (exact) mass is 368 g/mol. The van der Waals surface area contributed by atoms with Crippen molar-refractivity contribution in [2.45, 2.75) is 45.3 Å². The molecule has 0 aliphatic carbocycles. The molecule has 6 nitrogen and oxygen atoms in total. The van der Waals surface area contributed by atoms with Crippen LogP contribution in [0.1, 0.15) is 32.3 Å². The minimum absolute atomic E-state index is 0.188. The Balaban J connectivity index is 2.81. The second kappa shape index (κ2) is 12.1. The van der Waals surface area contributed by atoms with E-state index in [1.807, 2.05) is 12.1 Å². The van der Waals surface area contributed by atoms with E-state index in [4.69, 9.17) is 25.7 Å². The summed E-state index contributed by atoms with van der Waals surface area (Å²) >= 11 is 0. The maximum absolute atomic E-state index is 9.88. The largest absolute Gasteiger partial charge is 0.493 e. The van der Waals surface area contributed by atoms with Crippen molar-refractivity contribution in [2.24, 2.45) is 23.3 Å². The molecule has 0 amide bonds. The molecule has 1 unspecified atom stereocenters. The summed E-state index contributed by atoms with van der Waals surface area (Å²) in [4.78, 5) is 0. The molecule has 0 heterocycles. The number of methoxy groups -OCH3 is 2. The van der Waals surface area contributed by atoms with Crippen molar-refractivity contribution >= 4 is 0 Å². The minimum Gasteiger partial charge on any atom is -0.493 e. The molecule has 5 N–H and O–H groups in total. The summed E-state index contributed by atoms with van der Waals surface area (Å²) in [5, 5.41) is 9.88. The zero-order chi connectivity index (χ0) is 19.5. The molecule has 3 atom stereocenters. The summed E-state index contributed by atoms with van der Waals surface area (Å²) < 4.78 is 16.3. The summed E-state index contributed by atoms with van der Waals surface area (Å²) in [5.74, 6) is 2.26. The van der Waals surface area contributed by atoms with Gasteiger partial charge in [-0.25, -0.2) is 0 Å². The van der Waals surface area contributed by atoms with E-state index in [9.17, 15) is 5.11 Å². The first-order chi connectivity index (χ1) is 12.4. The fraction of sp³-hybridized carbons (Fsp3) is 0.700. The fourth-order valence-corrected chi connectivity index (χ4v) is 2.92. The summed E-state index contributed by atoms with van der Waals surface area (Å²) in [6.45, 7) is 5.79. The van der Waals surface area contributed by atoms with Gasteiger partial charge in [0.2, 0.25) is 0 Å². The van der Waals surface area contributed by atoms with Crippen LogP contribution in [-0.2, 0) is 11.2 Å². The first-order valence-electron chi connectivity index (χ1n) is 9.35. The lowest BCUT2D eigenvalue weighted by molar-refractivity contribution is 0.133. The number of hydrogen-bond donors (Lipinski definition) is 3. The van der Waals surface area contributed by atoms with E-state index in [2.05, 4.69) is 19.9 Å². The molecule has 0 bridgehead atoms. The Labute approximate surface area is 157 Å². The number of nitrogens with two attached hydrogens (primary N) is 2. The van der Waals surface area contributed by atoms with Crippen molar-refractivity contribution in [3.05, 3.63) is 23.8 Å². The SMILES string of the molecule is COCCCOc1cc(C[C@@H](C[C@H](N)C(O)CN)C(C)C)ccc1OC. The van der Waals surface area contributed by atoms with Gasteiger partial charge in [0.15, 0.2) is 11.5 Å². The highest BCUT2D eigenvalue weighted by Crippen LogP contribution is 2.31. The summed E-state index contributed by atoms with van der Waals surface area (Å²) in [7, 11) is 3.32. The van der Waals surface area contributed by atoms with Crippen LogP contribution in [0.2, 0.25) is 0 Å². The van der Waals surface area contributed by atoms with Crippen molar-refractivity contribution in [1.82, 2.24) is 0 Å². The second-order valence-corrected chi connectivity index (χ2v) is 7.09. The third-order valence-corrected chi connectivity index (χ3v) is 4.73. The van der Waals surface area contributed by atoms with Crippen LogP contribution < -0.4 is 20.9 Å². The second-order valence-electron chi connectivity index (χ2n) is 7.09. The average molecular weight is 369 g/mol. The quantitative estimate of drug-likeness (QED) is 0.460. The standard InChI is InChI=1S/C20H36N2O4/c1-14(2)16(12-17(22)18(23)13-21)10-15-6-7-19(25-4)20(11-15)26-9-5-8-24-3/h6-7,11,14,16-18,23H,5,8-10,12-13,21-22H2,1-4H3/t16-,17-,18?/m0/s1. The van der Waals surface area contributed by atoms with Gasteiger partial charge in [-0.1, -0.05) is 19.9 Å². The third kappa shape index (κ3) is 7.50. The summed E-state index contributed by atoms with van der Waals surface area (Å²) in [6, 6.07) is 5.72. The molecule has 0 aliphatic heterocycles. The lowest BCUT2D eigenvalue weighted by atomic mass is 9.83. The Morgan fingerprint density at radius 1 is 1.12 bits per heavy atom. The summed E-state index contributed by atoms with van der Waals surface area (Å²) in [6.07, 6.45) is 1.75. The molecule has 1 aromatic rings. The van der Waals surface area contributed by atoms with Crippen LogP contribution in [0.25, 0.3) is 0 Å². The van der Waals surface area contributed by atoms with Gasteiger partial charge in [0.1, 0.15) is 0 Å². The first kappa shape index (κ1) is 22.7. The highest BCUT2D eigenvalue weighted by Gasteiger charge is 2.22. The van der Waals surface area contributed by atoms with Crippen molar-refractivity contribution in [3.8, 4) is 11.5 Å². The third-order valence-electron chi connectivity index (χ3n) is 4.73. The molecular weight excluding hydrogens is 332 g/mol. The van der Waals surface area contributed by atoms with Crippen molar-refractivity contribution in [2.75, 3.05) is 34.0 Å². The zero-order valence-corrected chi connectivity index (χ0v) is 16.6. The van der Waals surface area contributed by atoms with Crippen molar-refractivity contribution in [1.29, 1.82) is 0 Å². The predicted molar refractivity (Wildman–Crippen MR) is 105 cm³/mol. The van der Waals surface area contributed by atoms with E-state index in [1.165, 1.54) is 5.56 Å². The topological polar surface area (TPSA) is 100.0 Å². The van der Waals surface area contributed by atoms with Gasteiger partial charge in [-0.15, -0.1) is 0 Å². The molecular formula is C20H36N2O4. The molecule has 26 heavy (non-hydrogen) atoms. The maximum Gasteiger partial charge on any atom is 0.161 e. The van der Waals surface area contributed by atoms with Gasteiger partial charge in [0.05, 0.1) is 19.8 Å². The number of rotatable bonds is 13. The number of aliphatic hydroxyl groups is 1. The lowest BCUT2D eigenvalue weighted by Crippen LogP contribution is -2.42. The average Bonchev–Trinajstić information content (AvgIpc) is 2.63. The Hall–Kier alpha value is -1.34. The van der Waals surface area contributed by atoms with Gasteiger partial charge in [-0.2, -0.15) is 0 Å². The Bertz CT molecular complexity index is 511. The van der Waals surface area contributed by atoms with Crippen LogP contribution in [-0.4, -0.2) is 51.2 Å². The molecule has 0 fully saturated rings. The summed E-state index contributed by atoms with van der Waals surface area (Å²) in [5.41, 5.74) is 12.8. The Morgan fingerprint density at radius 2 is 1.85 bits per heavy atom. The lowest BCUT2D eigenvalue weighted by Gasteiger charge is -2.27. The molecule has 6 heteroatoms. The number of aliphatic hydroxyl groups excluding tert-OH is 1. The molecule has 0 saturated carbocycles. The van der Waals surface area contributed by atoms with Crippen LogP contribution in [0.4, 0.5) is 0 Å².